The minimum Gasteiger partial charge on any atom is -0.288 e. The number of unbranched alkanes of at least 4 members (excludes halogenated alkanes) is 1. The molecule has 28 heavy (non-hydrogen) atoms. The summed E-state index contributed by atoms with van der Waals surface area (Å²) in [5, 5.41) is 1.20. The molecule has 2 aromatic carbocycles. The predicted molar refractivity (Wildman–Crippen MR) is 118 cm³/mol. The van der Waals surface area contributed by atoms with E-state index in [1.165, 1.54) is 11.3 Å². The summed E-state index contributed by atoms with van der Waals surface area (Å²) in [5.41, 5.74) is -0.0707. The number of benzene rings is 2. The largest absolute Gasteiger partial charge is 0.355 e. The molecule has 0 N–H and O–H groups in total. The molecule has 1 atom stereocenters. The first-order chi connectivity index (χ1) is 13.5. The number of hydrogen-bond donors (Lipinski definition) is 0. The van der Waals surface area contributed by atoms with E-state index in [0.717, 1.165) is 30.4 Å². The highest BCUT2D eigenvalue weighted by Crippen LogP contribution is 2.36. The third kappa shape index (κ3) is 4.55. The van der Waals surface area contributed by atoms with Gasteiger partial charge < -0.3 is 0 Å². The van der Waals surface area contributed by atoms with Crippen LogP contribution >= 0.6 is 27.3 Å². The summed E-state index contributed by atoms with van der Waals surface area (Å²) < 4.78 is 2.21. The van der Waals surface area contributed by atoms with Gasteiger partial charge in [-0.15, -0.1) is 11.3 Å². The molecular weight excluding hydrogens is 440 g/mol. The molecule has 0 radical (unpaired) electrons. The van der Waals surface area contributed by atoms with E-state index in [9.17, 15) is 9.59 Å². The molecule has 0 saturated heterocycles. The van der Waals surface area contributed by atoms with Gasteiger partial charge >= 0.3 is 5.97 Å². The van der Waals surface area contributed by atoms with E-state index < -0.39 is 0 Å². The molecule has 148 valence electrons. The highest BCUT2D eigenvalue weighted by atomic mass is 79.9. The maximum absolute atomic E-state index is 12.9. The Hall–Kier alpha value is -1.92. The summed E-state index contributed by atoms with van der Waals surface area (Å²) in [6.07, 6.45) is 4.50. The van der Waals surface area contributed by atoms with Crippen molar-refractivity contribution in [1.29, 1.82) is 0 Å². The number of rotatable bonds is 8. The molecule has 0 amide bonds. The van der Waals surface area contributed by atoms with E-state index in [4.69, 9.17) is 9.78 Å². The second kappa shape index (κ2) is 9.52. The van der Waals surface area contributed by atoms with E-state index in [1.807, 2.05) is 24.3 Å². The lowest BCUT2D eigenvalue weighted by Gasteiger charge is -2.13. The topological polar surface area (TPSA) is 52.6 Å². The fraction of sp³-hybridized carbons (Fsp3) is 0.364. The number of carbonyl (C=O) groups excluding carboxylic acids is 1. The van der Waals surface area contributed by atoms with Gasteiger partial charge in [-0.1, -0.05) is 45.2 Å². The Morgan fingerprint density at radius 3 is 2.71 bits per heavy atom. The van der Waals surface area contributed by atoms with Crippen LogP contribution < -0.4 is 10.3 Å². The van der Waals surface area contributed by atoms with Crippen molar-refractivity contribution in [2.45, 2.75) is 46.0 Å². The van der Waals surface area contributed by atoms with Crippen LogP contribution in [0.2, 0.25) is 0 Å². The molecule has 1 unspecified atom stereocenters. The molecule has 1 heterocycles. The van der Waals surface area contributed by atoms with E-state index in [-0.39, 0.29) is 11.4 Å². The lowest BCUT2D eigenvalue weighted by atomic mass is 9.96. The third-order valence-corrected chi connectivity index (χ3v) is 6.71. The van der Waals surface area contributed by atoms with Crippen LogP contribution in [0.4, 0.5) is 0 Å². The Morgan fingerprint density at radius 2 is 1.96 bits per heavy atom. The zero-order chi connectivity index (χ0) is 20.1. The minimum atomic E-state index is -0.382. The van der Waals surface area contributed by atoms with Gasteiger partial charge in [-0.05, 0) is 52.5 Å². The molecule has 3 rings (SSSR count). The van der Waals surface area contributed by atoms with Crippen LogP contribution in [0, 0.1) is 5.92 Å². The van der Waals surface area contributed by atoms with Crippen LogP contribution in [0.5, 0.6) is 5.75 Å². The van der Waals surface area contributed by atoms with Gasteiger partial charge in [-0.2, -0.15) is 0 Å². The van der Waals surface area contributed by atoms with Crippen molar-refractivity contribution in [3.05, 3.63) is 51.1 Å². The molecular formula is C22H23BrO4S. The van der Waals surface area contributed by atoms with Gasteiger partial charge in [0.05, 0.1) is 16.5 Å². The first-order valence-electron chi connectivity index (χ1n) is 9.56. The molecule has 0 saturated carbocycles. The Labute approximate surface area is 176 Å². The highest BCUT2D eigenvalue weighted by Gasteiger charge is 2.17. The number of halogens is 1. The first kappa shape index (κ1) is 20.8. The molecule has 3 aromatic rings. The first-order valence-corrected chi connectivity index (χ1v) is 11.2. The summed E-state index contributed by atoms with van der Waals surface area (Å²) >= 11 is 4.90. The molecule has 1 aromatic heterocycles. The van der Waals surface area contributed by atoms with Crippen molar-refractivity contribution in [2.75, 3.05) is 0 Å². The quantitative estimate of drug-likeness (QED) is 0.214. The Morgan fingerprint density at radius 1 is 1.18 bits per heavy atom. The molecule has 0 aliphatic carbocycles. The molecule has 0 bridgehead atoms. The van der Waals surface area contributed by atoms with Crippen molar-refractivity contribution < 1.29 is 14.6 Å². The van der Waals surface area contributed by atoms with Crippen molar-refractivity contribution in [1.82, 2.24) is 0 Å². The van der Waals surface area contributed by atoms with E-state index in [1.54, 1.807) is 12.1 Å². The summed E-state index contributed by atoms with van der Waals surface area (Å²) in [5.74, 6) is 0.297. The maximum Gasteiger partial charge on any atom is 0.355 e. The SMILES string of the molecule is CCCCC(CC)CC(=O)OOc1ccc(Br)c2c(=O)c3ccccc3sc12. The molecule has 0 aliphatic heterocycles. The van der Waals surface area contributed by atoms with Gasteiger partial charge in [-0.25, -0.2) is 4.79 Å². The van der Waals surface area contributed by atoms with Crippen LogP contribution in [-0.4, -0.2) is 5.97 Å². The van der Waals surface area contributed by atoms with E-state index in [0.29, 0.717) is 38.0 Å². The van der Waals surface area contributed by atoms with Crippen LogP contribution in [-0.2, 0) is 9.68 Å². The van der Waals surface area contributed by atoms with Gasteiger partial charge in [0, 0.05) is 14.6 Å². The fourth-order valence-electron chi connectivity index (χ4n) is 3.21. The van der Waals surface area contributed by atoms with Crippen molar-refractivity contribution in [3.8, 4) is 5.75 Å². The van der Waals surface area contributed by atoms with Crippen molar-refractivity contribution in [2.24, 2.45) is 5.92 Å². The van der Waals surface area contributed by atoms with Crippen LogP contribution in [0.25, 0.3) is 20.2 Å². The van der Waals surface area contributed by atoms with Gasteiger partial charge in [0.15, 0.2) is 11.2 Å². The highest BCUT2D eigenvalue weighted by molar-refractivity contribution is 9.10. The fourth-order valence-corrected chi connectivity index (χ4v) is 5.00. The molecule has 0 aliphatic rings. The van der Waals surface area contributed by atoms with Crippen LogP contribution in [0.3, 0.4) is 0 Å². The molecule has 6 heteroatoms. The average molecular weight is 463 g/mol. The Bertz CT molecular complexity index is 1040. The monoisotopic (exact) mass is 462 g/mol. The second-order valence-corrected chi connectivity index (χ2v) is 8.74. The smallest absolute Gasteiger partial charge is 0.288 e. The second-order valence-electron chi connectivity index (χ2n) is 6.84. The number of carbonyl (C=O) groups is 1. The maximum atomic E-state index is 12.9. The van der Waals surface area contributed by atoms with Crippen molar-refractivity contribution >= 4 is 53.4 Å². The molecule has 0 fully saturated rings. The lowest BCUT2D eigenvalue weighted by Crippen LogP contribution is -2.13. The van der Waals surface area contributed by atoms with E-state index >= 15 is 0 Å². The van der Waals surface area contributed by atoms with Gasteiger partial charge in [-0.3, -0.25) is 14.6 Å². The Balaban J connectivity index is 1.85. The van der Waals surface area contributed by atoms with Crippen molar-refractivity contribution in [3.63, 3.8) is 0 Å². The summed E-state index contributed by atoms with van der Waals surface area (Å²) in [4.78, 5) is 35.6. The summed E-state index contributed by atoms with van der Waals surface area (Å²) in [7, 11) is 0. The summed E-state index contributed by atoms with van der Waals surface area (Å²) in [6, 6.07) is 10.9. The standard InChI is InChI=1S/C22H23BrO4S/c1-3-5-8-14(4-2)13-19(24)27-26-17-12-11-16(23)20-21(25)15-9-6-7-10-18(15)28-22(17)20/h6-7,9-12,14H,3-5,8,13H2,1-2H3. The van der Waals surface area contributed by atoms with Gasteiger partial charge in [0.2, 0.25) is 0 Å². The minimum absolute atomic E-state index is 0.0707. The summed E-state index contributed by atoms with van der Waals surface area (Å²) in [6.45, 7) is 4.22. The predicted octanol–water partition coefficient (Wildman–Crippen LogP) is 6.62. The van der Waals surface area contributed by atoms with Crippen LogP contribution in [0.15, 0.2) is 45.7 Å². The average Bonchev–Trinajstić information content (AvgIpc) is 2.70. The zero-order valence-corrected chi connectivity index (χ0v) is 18.4. The Kier molecular flexibility index (Phi) is 7.08. The lowest BCUT2D eigenvalue weighted by molar-refractivity contribution is -0.214. The number of hydrogen-bond acceptors (Lipinski definition) is 5. The molecule has 0 spiro atoms. The van der Waals surface area contributed by atoms with Gasteiger partial charge in [0.25, 0.3) is 0 Å². The third-order valence-electron chi connectivity index (χ3n) is 4.86. The van der Waals surface area contributed by atoms with Gasteiger partial charge in [0.1, 0.15) is 0 Å². The molecule has 4 nitrogen and oxygen atoms in total. The normalized spacial score (nSPS) is 12.2. The zero-order valence-electron chi connectivity index (χ0n) is 16.0. The van der Waals surface area contributed by atoms with Crippen LogP contribution in [0.1, 0.15) is 46.0 Å². The number of fused-ring (bicyclic) bond motifs is 2. The van der Waals surface area contributed by atoms with E-state index in [2.05, 4.69) is 29.8 Å².